The van der Waals surface area contributed by atoms with Crippen molar-refractivity contribution in [2.45, 2.75) is 4.34 Å². The number of nitrogens with one attached hydrogen (secondary N) is 1. The van der Waals surface area contributed by atoms with E-state index in [9.17, 15) is 4.79 Å². The Hall–Kier alpha value is -1.61. The van der Waals surface area contributed by atoms with Gasteiger partial charge < -0.3 is 0 Å². The Kier molecular flexibility index (Phi) is 6.98. The van der Waals surface area contributed by atoms with Gasteiger partial charge in [0.2, 0.25) is 5.13 Å². The normalized spacial score (nSPS) is 11.4. The number of hydrogen-bond donors (Lipinski definition) is 1. The summed E-state index contributed by atoms with van der Waals surface area (Å²) < 4.78 is 1.52. The molecule has 10 heteroatoms. The van der Waals surface area contributed by atoms with E-state index in [1.54, 1.807) is 23.9 Å². The lowest BCUT2D eigenvalue weighted by Gasteiger charge is -1.99. The van der Waals surface area contributed by atoms with Gasteiger partial charge in [-0.05, 0) is 17.7 Å². The lowest BCUT2D eigenvalue weighted by Crippen LogP contribution is -2.10. The van der Waals surface area contributed by atoms with Crippen LogP contribution in [0.3, 0.4) is 0 Å². The maximum atomic E-state index is 12.7. The highest BCUT2D eigenvalue weighted by molar-refractivity contribution is 8.01. The Morgan fingerprint density at radius 1 is 1.10 bits per heavy atom. The number of nitrogens with zero attached hydrogens (tertiary/aromatic N) is 2. The minimum atomic E-state index is -0.356. The van der Waals surface area contributed by atoms with Gasteiger partial charge in [0, 0.05) is 20.9 Å². The Balaban J connectivity index is 1.41. The zero-order valence-corrected chi connectivity index (χ0v) is 19.8. The van der Waals surface area contributed by atoms with Crippen molar-refractivity contribution < 1.29 is 4.79 Å². The predicted octanol–water partition coefficient (Wildman–Crippen LogP) is 7.77. The quantitative estimate of drug-likeness (QED) is 0.212. The third-order valence-electron chi connectivity index (χ3n) is 3.90. The van der Waals surface area contributed by atoms with Crippen LogP contribution in [0.4, 0.5) is 5.13 Å². The van der Waals surface area contributed by atoms with E-state index in [0.29, 0.717) is 30.5 Å². The minimum Gasteiger partial charge on any atom is -0.296 e. The van der Waals surface area contributed by atoms with Gasteiger partial charge in [0.15, 0.2) is 4.34 Å². The van der Waals surface area contributed by atoms with Gasteiger partial charge in [0.25, 0.3) is 5.91 Å². The molecule has 0 radical (unpaired) electrons. The fourth-order valence-corrected chi connectivity index (χ4v) is 6.45. The van der Waals surface area contributed by atoms with Gasteiger partial charge in [-0.1, -0.05) is 100 Å². The SMILES string of the molecule is O=C(Nc1nnc(SC/C=C/c2ccccc2)s1)c1sc2cc(Cl)cc(Cl)c2c1Cl. The molecule has 0 atom stereocenters. The highest BCUT2D eigenvalue weighted by Crippen LogP contribution is 2.41. The van der Waals surface area contributed by atoms with E-state index < -0.39 is 0 Å². The summed E-state index contributed by atoms with van der Waals surface area (Å²) in [6.07, 6.45) is 4.11. The molecule has 0 aliphatic heterocycles. The van der Waals surface area contributed by atoms with Crippen molar-refractivity contribution in [2.24, 2.45) is 0 Å². The first-order valence-electron chi connectivity index (χ1n) is 8.57. The van der Waals surface area contributed by atoms with Crippen molar-refractivity contribution in [3.63, 3.8) is 0 Å². The van der Waals surface area contributed by atoms with Crippen molar-refractivity contribution >= 4 is 96.4 Å². The molecular weight excluding hydrogens is 501 g/mol. The number of carbonyl (C=O) groups is 1. The number of aromatic nitrogens is 2. The van der Waals surface area contributed by atoms with Gasteiger partial charge in [-0.3, -0.25) is 10.1 Å². The van der Waals surface area contributed by atoms with Gasteiger partial charge in [-0.2, -0.15) is 0 Å². The van der Waals surface area contributed by atoms with Gasteiger partial charge in [-0.25, -0.2) is 0 Å². The van der Waals surface area contributed by atoms with Crippen molar-refractivity contribution in [1.82, 2.24) is 10.2 Å². The Bertz CT molecular complexity index is 1240. The molecule has 0 saturated carbocycles. The number of thiophene rings is 1. The molecule has 4 rings (SSSR count). The summed E-state index contributed by atoms with van der Waals surface area (Å²) in [6, 6.07) is 13.4. The molecule has 152 valence electrons. The summed E-state index contributed by atoms with van der Waals surface area (Å²) in [5.41, 5.74) is 1.14. The number of hydrogen-bond acceptors (Lipinski definition) is 6. The fourth-order valence-electron chi connectivity index (χ4n) is 2.60. The van der Waals surface area contributed by atoms with Crippen molar-refractivity contribution in [3.8, 4) is 0 Å². The van der Waals surface area contributed by atoms with Gasteiger partial charge >= 0.3 is 0 Å². The second-order valence-corrected chi connectivity index (χ2v) is 10.5. The van der Waals surface area contributed by atoms with Crippen LogP contribution < -0.4 is 5.32 Å². The first-order chi connectivity index (χ1) is 14.5. The number of carbonyl (C=O) groups excluding carboxylic acids is 1. The molecule has 0 fully saturated rings. The molecule has 0 bridgehead atoms. The summed E-state index contributed by atoms with van der Waals surface area (Å²) in [5.74, 6) is 0.392. The minimum absolute atomic E-state index is 0.305. The van der Waals surface area contributed by atoms with Gasteiger partial charge in [-0.15, -0.1) is 21.5 Å². The number of benzene rings is 2. The number of rotatable bonds is 6. The van der Waals surface area contributed by atoms with Crippen LogP contribution in [-0.4, -0.2) is 21.9 Å². The molecule has 0 aliphatic carbocycles. The Morgan fingerprint density at radius 3 is 2.70 bits per heavy atom. The summed E-state index contributed by atoms with van der Waals surface area (Å²) in [7, 11) is 0. The highest BCUT2D eigenvalue weighted by atomic mass is 35.5. The summed E-state index contributed by atoms with van der Waals surface area (Å²) in [5, 5.41) is 13.1. The average molecular weight is 513 g/mol. The highest BCUT2D eigenvalue weighted by Gasteiger charge is 2.20. The Morgan fingerprint density at radius 2 is 1.90 bits per heavy atom. The van der Waals surface area contributed by atoms with Crippen LogP contribution in [0.15, 0.2) is 52.9 Å². The van der Waals surface area contributed by atoms with E-state index in [1.807, 2.05) is 30.3 Å². The summed E-state index contributed by atoms with van der Waals surface area (Å²) in [4.78, 5) is 13.0. The third kappa shape index (κ3) is 4.99. The predicted molar refractivity (Wildman–Crippen MR) is 131 cm³/mol. The smallest absolute Gasteiger partial charge is 0.269 e. The average Bonchev–Trinajstić information content (AvgIpc) is 3.30. The zero-order valence-electron chi connectivity index (χ0n) is 15.1. The molecule has 0 aliphatic rings. The van der Waals surface area contributed by atoms with Crippen molar-refractivity contribution in [2.75, 3.05) is 11.1 Å². The molecule has 4 aromatic rings. The second kappa shape index (κ2) is 9.68. The number of halogens is 3. The monoisotopic (exact) mass is 511 g/mol. The van der Waals surface area contributed by atoms with Gasteiger partial charge in [0.1, 0.15) is 4.88 Å². The largest absolute Gasteiger partial charge is 0.296 e. The van der Waals surface area contributed by atoms with Gasteiger partial charge in [0.05, 0.1) is 10.0 Å². The second-order valence-electron chi connectivity index (χ2n) is 5.96. The van der Waals surface area contributed by atoms with E-state index in [1.165, 1.54) is 22.7 Å². The number of anilines is 1. The van der Waals surface area contributed by atoms with Crippen LogP contribution in [0.5, 0.6) is 0 Å². The van der Waals surface area contributed by atoms with Crippen molar-refractivity contribution in [3.05, 3.63) is 74.0 Å². The van der Waals surface area contributed by atoms with E-state index in [2.05, 4.69) is 27.7 Å². The van der Waals surface area contributed by atoms with E-state index >= 15 is 0 Å². The van der Waals surface area contributed by atoms with Crippen LogP contribution in [0, 0.1) is 0 Å². The standard InChI is InChI=1S/C20H12Cl3N3OS3/c21-12-9-13(22)15-14(10-12)29-17(16(15)23)18(27)24-19-25-26-20(30-19)28-8-4-7-11-5-2-1-3-6-11/h1-7,9-10H,8H2,(H,24,25,27)/b7-4+. The third-order valence-corrected chi connectivity index (χ3v) is 7.96. The number of amides is 1. The van der Waals surface area contributed by atoms with E-state index in [4.69, 9.17) is 34.8 Å². The molecule has 0 saturated heterocycles. The lowest BCUT2D eigenvalue weighted by atomic mass is 10.2. The van der Waals surface area contributed by atoms with E-state index in [0.717, 1.165) is 20.4 Å². The maximum absolute atomic E-state index is 12.7. The first kappa shape index (κ1) is 21.6. The number of fused-ring (bicyclic) bond motifs is 1. The number of thioether (sulfide) groups is 1. The summed E-state index contributed by atoms with van der Waals surface area (Å²) in [6.45, 7) is 0. The van der Waals surface area contributed by atoms with Crippen LogP contribution in [-0.2, 0) is 0 Å². The molecular formula is C20H12Cl3N3OS3. The molecule has 2 aromatic heterocycles. The Labute approximate surface area is 199 Å². The van der Waals surface area contributed by atoms with Crippen molar-refractivity contribution in [1.29, 1.82) is 0 Å². The van der Waals surface area contributed by atoms with Crippen LogP contribution >= 0.6 is 69.2 Å². The fraction of sp³-hybridized carbons (Fsp3) is 0.0500. The van der Waals surface area contributed by atoms with Crippen LogP contribution in [0.25, 0.3) is 16.2 Å². The molecule has 0 spiro atoms. The molecule has 4 nitrogen and oxygen atoms in total. The molecule has 1 amide bonds. The first-order valence-corrected chi connectivity index (χ1v) is 12.3. The maximum Gasteiger partial charge on any atom is 0.269 e. The molecule has 2 aromatic carbocycles. The molecule has 0 unspecified atom stereocenters. The zero-order chi connectivity index (χ0) is 21.1. The molecule has 2 heterocycles. The van der Waals surface area contributed by atoms with E-state index in [-0.39, 0.29) is 5.91 Å². The van der Waals surface area contributed by atoms with Crippen LogP contribution in [0.2, 0.25) is 15.1 Å². The van der Waals surface area contributed by atoms with Crippen LogP contribution in [0.1, 0.15) is 15.2 Å². The molecule has 30 heavy (non-hydrogen) atoms. The summed E-state index contributed by atoms with van der Waals surface area (Å²) >= 11 is 22.7. The molecule has 1 N–H and O–H groups in total. The lowest BCUT2D eigenvalue weighted by molar-refractivity contribution is 0.103. The topological polar surface area (TPSA) is 54.9 Å².